The summed E-state index contributed by atoms with van der Waals surface area (Å²) in [6, 6.07) is 1.23. The lowest BCUT2D eigenvalue weighted by atomic mass is 10.0. The second kappa shape index (κ2) is 6.15. The average molecular weight is 381 g/mol. The van der Waals surface area contributed by atoms with Crippen molar-refractivity contribution in [3.8, 4) is 0 Å². The van der Waals surface area contributed by atoms with Gasteiger partial charge in [-0.3, -0.25) is 24.3 Å². The van der Waals surface area contributed by atoms with Crippen LogP contribution in [0.25, 0.3) is 0 Å². The lowest BCUT2D eigenvalue weighted by Gasteiger charge is -2.31. The van der Waals surface area contributed by atoms with Crippen LogP contribution in [0.1, 0.15) is 28.9 Å². The van der Waals surface area contributed by atoms with E-state index >= 15 is 0 Å². The molecule has 1 aliphatic rings. The fourth-order valence-electron chi connectivity index (χ4n) is 2.68. The van der Waals surface area contributed by atoms with Crippen LogP contribution in [-0.4, -0.2) is 44.4 Å². The molecule has 2 aromatic rings. The third-order valence-corrected chi connectivity index (χ3v) is 4.42. The van der Waals surface area contributed by atoms with Crippen molar-refractivity contribution in [1.82, 2.24) is 25.3 Å². The Hall–Kier alpha value is -2.16. The normalized spacial score (nSPS) is 18.3. The summed E-state index contributed by atoms with van der Waals surface area (Å²) in [6.45, 7) is 2.37. The molecule has 8 nitrogen and oxygen atoms in total. The first kappa shape index (κ1) is 15.7. The molecule has 3 heterocycles. The van der Waals surface area contributed by atoms with Crippen LogP contribution in [0.3, 0.4) is 0 Å². The van der Waals surface area contributed by atoms with E-state index in [0.717, 1.165) is 6.42 Å². The molecule has 1 saturated heterocycles. The highest BCUT2D eigenvalue weighted by atomic mass is 79.9. The van der Waals surface area contributed by atoms with Crippen LogP contribution in [-0.2, 0) is 11.8 Å². The number of H-pyrrole nitrogens is 1. The molecular formula is C14H17BrN6O2. The molecule has 2 N–H and O–H groups in total. The summed E-state index contributed by atoms with van der Waals surface area (Å²) in [5.74, 6) is 0.155. The summed E-state index contributed by atoms with van der Waals surface area (Å²) in [5.41, 5.74) is 1.08. The van der Waals surface area contributed by atoms with Crippen molar-refractivity contribution in [3.05, 3.63) is 28.1 Å². The van der Waals surface area contributed by atoms with Crippen LogP contribution >= 0.6 is 15.9 Å². The Balaban J connectivity index is 1.75. The van der Waals surface area contributed by atoms with E-state index in [2.05, 4.69) is 36.5 Å². The quantitative estimate of drug-likeness (QED) is 0.834. The Morgan fingerprint density at radius 3 is 2.91 bits per heavy atom. The Bertz CT molecular complexity index is 733. The number of hydrogen-bond acceptors (Lipinski definition) is 4. The summed E-state index contributed by atoms with van der Waals surface area (Å²) in [5, 5.41) is 13.7. The van der Waals surface area contributed by atoms with Crippen molar-refractivity contribution in [2.24, 2.45) is 7.05 Å². The van der Waals surface area contributed by atoms with E-state index in [1.165, 1.54) is 0 Å². The minimum Gasteiger partial charge on any atom is -0.340 e. The van der Waals surface area contributed by atoms with Crippen LogP contribution in [0.4, 0.5) is 5.82 Å². The number of amides is 2. The predicted molar refractivity (Wildman–Crippen MR) is 87.1 cm³/mol. The monoisotopic (exact) mass is 380 g/mol. The summed E-state index contributed by atoms with van der Waals surface area (Å²) < 4.78 is 2.09. The highest BCUT2D eigenvalue weighted by Crippen LogP contribution is 2.21. The molecule has 0 saturated carbocycles. The maximum absolute atomic E-state index is 12.6. The molecule has 23 heavy (non-hydrogen) atoms. The molecule has 3 rings (SSSR count). The molecule has 0 bridgehead atoms. The van der Waals surface area contributed by atoms with Gasteiger partial charge in [-0.15, -0.1) is 0 Å². The number of nitrogens with zero attached hydrogens (tertiary/aromatic N) is 4. The van der Waals surface area contributed by atoms with Gasteiger partial charge in [0.2, 0.25) is 0 Å². The number of nitrogens with one attached hydrogen (secondary N) is 2. The van der Waals surface area contributed by atoms with Crippen molar-refractivity contribution in [2.75, 3.05) is 11.4 Å². The number of carbonyl (C=O) groups excluding carboxylic acids is 2. The van der Waals surface area contributed by atoms with E-state index in [9.17, 15) is 9.59 Å². The van der Waals surface area contributed by atoms with E-state index in [4.69, 9.17) is 0 Å². The molecule has 1 aliphatic heterocycles. The van der Waals surface area contributed by atoms with Gasteiger partial charge in [-0.2, -0.15) is 10.2 Å². The zero-order chi connectivity index (χ0) is 16.6. The van der Waals surface area contributed by atoms with Crippen LogP contribution in [0, 0.1) is 6.92 Å². The fourth-order valence-corrected chi connectivity index (χ4v) is 3.24. The molecular weight excluding hydrogens is 364 g/mol. The molecule has 0 spiro atoms. The summed E-state index contributed by atoms with van der Waals surface area (Å²) in [7, 11) is 1.80. The van der Waals surface area contributed by atoms with Gasteiger partial charge in [-0.1, -0.05) is 0 Å². The third kappa shape index (κ3) is 3.00. The van der Waals surface area contributed by atoms with E-state index < -0.39 is 6.04 Å². The van der Waals surface area contributed by atoms with Gasteiger partial charge in [0.25, 0.3) is 11.8 Å². The number of aryl methyl sites for hydroxylation is 2. The number of aromatic nitrogens is 4. The number of aromatic amines is 1. The topological polar surface area (TPSA) is 95.9 Å². The lowest BCUT2D eigenvalue weighted by Crippen LogP contribution is -2.52. The standard InChI is InChI=1S/C14H17BrN6O2/c1-8-11(12(15)18-17-8)13(22)16-9-4-3-6-21(14(9)23)10-5-7-20(2)19-10/h5,7,9H,3-4,6H2,1-2H3,(H,16,22)(H,17,18). The maximum atomic E-state index is 12.6. The Labute approximate surface area is 141 Å². The molecule has 122 valence electrons. The lowest BCUT2D eigenvalue weighted by molar-refractivity contribution is -0.121. The molecule has 0 aromatic carbocycles. The van der Waals surface area contributed by atoms with E-state index in [1.807, 2.05) is 0 Å². The Morgan fingerprint density at radius 2 is 2.30 bits per heavy atom. The molecule has 0 aliphatic carbocycles. The van der Waals surface area contributed by atoms with E-state index in [1.54, 1.807) is 35.8 Å². The van der Waals surface area contributed by atoms with Crippen molar-refractivity contribution in [3.63, 3.8) is 0 Å². The highest BCUT2D eigenvalue weighted by molar-refractivity contribution is 9.10. The summed E-state index contributed by atoms with van der Waals surface area (Å²) in [6.07, 6.45) is 3.21. The molecule has 0 radical (unpaired) electrons. The fraction of sp³-hybridized carbons (Fsp3) is 0.429. The number of halogens is 1. The van der Waals surface area contributed by atoms with Gasteiger partial charge >= 0.3 is 0 Å². The summed E-state index contributed by atoms with van der Waals surface area (Å²) >= 11 is 3.24. The highest BCUT2D eigenvalue weighted by Gasteiger charge is 2.32. The average Bonchev–Trinajstić information content (AvgIpc) is 3.07. The predicted octanol–water partition coefficient (Wildman–Crippen LogP) is 1.14. The van der Waals surface area contributed by atoms with Gasteiger partial charge in [0.15, 0.2) is 5.82 Å². The van der Waals surface area contributed by atoms with Gasteiger partial charge < -0.3 is 5.32 Å². The summed E-state index contributed by atoms with van der Waals surface area (Å²) in [4.78, 5) is 26.7. The van der Waals surface area contributed by atoms with Gasteiger partial charge in [-0.05, 0) is 35.7 Å². The van der Waals surface area contributed by atoms with Crippen molar-refractivity contribution < 1.29 is 9.59 Å². The maximum Gasteiger partial charge on any atom is 0.256 e. The van der Waals surface area contributed by atoms with Crippen LogP contribution in [0.2, 0.25) is 0 Å². The zero-order valence-corrected chi connectivity index (χ0v) is 14.4. The van der Waals surface area contributed by atoms with Gasteiger partial charge in [0.05, 0.1) is 5.56 Å². The van der Waals surface area contributed by atoms with Crippen molar-refractivity contribution in [2.45, 2.75) is 25.8 Å². The number of carbonyl (C=O) groups is 2. The molecule has 1 unspecified atom stereocenters. The van der Waals surface area contributed by atoms with E-state index in [0.29, 0.717) is 34.6 Å². The molecule has 9 heteroatoms. The van der Waals surface area contributed by atoms with Gasteiger partial charge in [-0.25, -0.2) is 0 Å². The first-order valence-corrected chi connectivity index (χ1v) is 8.09. The largest absolute Gasteiger partial charge is 0.340 e. The van der Waals surface area contributed by atoms with E-state index in [-0.39, 0.29) is 11.8 Å². The second-order valence-electron chi connectivity index (χ2n) is 5.52. The molecule has 1 atom stereocenters. The minimum absolute atomic E-state index is 0.138. The molecule has 2 amide bonds. The number of anilines is 1. The smallest absolute Gasteiger partial charge is 0.256 e. The van der Waals surface area contributed by atoms with Gasteiger partial charge in [0.1, 0.15) is 10.6 Å². The zero-order valence-electron chi connectivity index (χ0n) is 12.8. The molecule has 2 aromatic heterocycles. The number of hydrogen-bond donors (Lipinski definition) is 2. The SMILES string of the molecule is Cc1[nH]nc(Br)c1C(=O)NC1CCCN(c2ccn(C)n2)C1=O. The second-order valence-corrected chi connectivity index (χ2v) is 6.27. The third-order valence-electron chi connectivity index (χ3n) is 3.85. The van der Waals surface area contributed by atoms with Crippen LogP contribution in [0.15, 0.2) is 16.9 Å². The molecule has 1 fully saturated rings. The van der Waals surface area contributed by atoms with Crippen LogP contribution in [0.5, 0.6) is 0 Å². The number of piperidine rings is 1. The van der Waals surface area contributed by atoms with Gasteiger partial charge in [0, 0.05) is 31.5 Å². The van der Waals surface area contributed by atoms with Crippen molar-refractivity contribution in [1.29, 1.82) is 0 Å². The first-order chi connectivity index (χ1) is 11.0. The minimum atomic E-state index is -0.556. The van der Waals surface area contributed by atoms with Crippen molar-refractivity contribution >= 4 is 33.6 Å². The first-order valence-electron chi connectivity index (χ1n) is 7.29. The van der Waals surface area contributed by atoms with Crippen LogP contribution < -0.4 is 10.2 Å². The Morgan fingerprint density at radius 1 is 1.52 bits per heavy atom. The Kier molecular flexibility index (Phi) is 4.20. The number of rotatable bonds is 3.